The van der Waals surface area contributed by atoms with E-state index in [1.807, 2.05) is 0 Å². The van der Waals surface area contributed by atoms with Gasteiger partial charge < -0.3 is 5.11 Å². The first-order chi connectivity index (χ1) is 8.66. The first-order valence-corrected chi connectivity index (χ1v) is 5.29. The standard InChI is InChI=1S/C14H10FNO2/c15-10-4-6-13(17)12(9-10)14(18)7-5-11-3-1-2-8-16-11/h1-9,17H/b7-5+. The maximum Gasteiger partial charge on any atom is 0.189 e. The molecule has 0 aliphatic rings. The van der Waals surface area contributed by atoms with E-state index in [1.54, 1.807) is 24.4 Å². The Morgan fingerprint density at radius 2 is 2.11 bits per heavy atom. The summed E-state index contributed by atoms with van der Waals surface area (Å²) in [6, 6.07) is 8.52. The van der Waals surface area contributed by atoms with E-state index in [4.69, 9.17) is 0 Å². The van der Waals surface area contributed by atoms with Gasteiger partial charge in [0.1, 0.15) is 11.6 Å². The van der Waals surface area contributed by atoms with Crippen molar-refractivity contribution in [3.63, 3.8) is 0 Å². The number of phenolic OH excluding ortho intramolecular Hbond substituents is 1. The normalized spacial score (nSPS) is 10.7. The summed E-state index contributed by atoms with van der Waals surface area (Å²) in [5.74, 6) is -1.29. The lowest BCUT2D eigenvalue weighted by molar-refractivity contribution is 0.104. The van der Waals surface area contributed by atoms with Crippen LogP contribution in [0.25, 0.3) is 6.08 Å². The van der Waals surface area contributed by atoms with Crippen LogP contribution in [0.4, 0.5) is 4.39 Å². The van der Waals surface area contributed by atoms with Crippen molar-refractivity contribution < 1.29 is 14.3 Å². The molecule has 1 aromatic carbocycles. The van der Waals surface area contributed by atoms with Crippen LogP contribution in [0.5, 0.6) is 5.75 Å². The zero-order chi connectivity index (χ0) is 13.0. The van der Waals surface area contributed by atoms with Gasteiger partial charge in [-0.25, -0.2) is 4.39 Å². The third-order valence-electron chi connectivity index (χ3n) is 2.32. The SMILES string of the molecule is O=C(/C=C/c1ccccn1)c1cc(F)ccc1O. The summed E-state index contributed by atoms with van der Waals surface area (Å²) in [6.07, 6.45) is 4.35. The smallest absolute Gasteiger partial charge is 0.189 e. The van der Waals surface area contributed by atoms with E-state index < -0.39 is 11.6 Å². The minimum absolute atomic E-state index is 0.0674. The average Bonchev–Trinajstić information content (AvgIpc) is 2.40. The number of nitrogens with zero attached hydrogens (tertiary/aromatic N) is 1. The topological polar surface area (TPSA) is 50.2 Å². The number of hydrogen-bond acceptors (Lipinski definition) is 3. The Hall–Kier alpha value is -2.49. The number of carbonyl (C=O) groups is 1. The molecule has 0 amide bonds. The van der Waals surface area contributed by atoms with E-state index in [9.17, 15) is 14.3 Å². The van der Waals surface area contributed by atoms with Gasteiger partial charge in [-0.2, -0.15) is 0 Å². The number of hydrogen-bond donors (Lipinski definition) is 1. The zero-order valence-electron chi connectivity index (χ0n) is 9.38. The molecule has 0 atom stereocenters. The van der Waals surface area contributed by atoms with Crippen LogP contribution in [0.15, 0.2) is 48.7 Å². The van der Waals surface area contributed by atoms with Crippen molar-refractivity contribution in [1.82, 2.24) is 4.98 Å². The van der Waals surface area contributed by atoms with Crippen molar-refractivity contribution >= 4 is 11.9 Å². The quantitative estimate of drug-likeness (QED) is 0.666. The van der Waals surface area contributed by atoms with Crippen LogP contribution < -0.4 is 0 Å². The maximum atomic E-state index is 13.0. The predicted octanol–water partition coefficient (Wildman–Crippen LogP) is 2.82. The summed E-state index contributed by atoms with van der Waals surface area (Å²) in [5.41, 5.74) is 0.545. The van der Waals surface area contributed by atoms with Crippen molar-refractivity contribution in [3.8, 4) is 5.75 Å². The molecule has 4 heteroatoms. The Balaban J connectivity index is 2.22. The summed E-state index contributed by atoms with van der Waals surface area (Å²) in [6.45, 7) is 0. The van der Waals surface area contributed by atoms with Crippen molar-refractivity contribution in [1.29, 1.82) is 0 Å². The van der Waals surface area contributed by atoms with Gasteiger partial charge in [0.15, 0.2) is 5.78 Å². The second-order valence-corrected chi connectivity index (χ2v) is 3.61. The molecule has 0 bridgehead atoms. The molecular weight excluding hydrogens is 233 g/mol. The molecule has 0 aliphatic heterocycles. The highest BCUT2D eigenvalue weighted by Crippen LogP contribution is 2.19. The molecule has 90 valence electrons. The lowest BCUT2D eigenvalue weighted by atomic mass is 10.1. The Kier molecular flexibility index (Phi) is 3.48. The monoisotopic (exact) mass is 243 g/mol. The average molecular weight is 243 g/mol. The summed E-state index contributed by atoms with van der Waals surface area (Å²) < 4.78 is 13.0. The van der Waals surface area contributed by atoms with Crippen LogP contribution >= 0.6 is 0 Å². The molecule has 0 saturated carbocycles. The molecule has 0 spiro atoms. The van der Waals surface area contributed by atoms with Crippen LogP contribution in [0.2, 0.25) is 0 Å². The maximum absolute atomic E-state index is 13.0. The molecular formula is C14H10FNO2. The highest BCUT2D eigenvalue weighted by Gasteiger charge is 2.09. The van der Waals surface area contributed by atoms with E-state index in [2.05, 4.69) is 4.98 Å². The van der Waals surface area contributed by atoms with Crippen LogP contribution in [0, 0.1) is 5.82 Å². The Morgan fingerprint density at radius 3 is 2.83 bits per heavy atom. The van der Waals surface area contributed by atoms with Gasteiger partial charge >= 0.3 is 0 Å². The third-order valence-corrected chi connectivity index (χ3v) is 2.32. The van der Waals surface area contributed by atoms with Gasteiger partial charge in [-0.1, -0.05) is 6.07 Å². The van der Waals surface area contributed by atoms with E-state index in [0.717, 1.165) is 18.2 Å². The fourth-order valence-corrected chi connectivity index (χ4v) is 1.43. The highest BCUT2D eigenvalue weighted by molar-refractivity contribution is 6.08. The molecule has 0 saturated heterocycles. The number of pyridine rings is 1. The molecule has 0 radical (unpaired) electrons. The number of carbonyl (C=O) groups excluding carboxylic acids is 1. The van der Waals surface area contributed by atoms with Gasteiger partial charge in [0.25, 0.3) is 0 Å². The van der Waals surface area contributed by atoms with Crippen LogP contribution in [-0.4, -0.2) is 15.9 Å². The lowest BCUT2D eigenvalue weighted by Crippen LogP contribution is -1.96. The fourth-order valence-electron chi connectivity index (χ4n) is 1.43. The number of ketones is 1. The molecule has 1 heterocycles. The Labute approximate surface area is 103 Å². The second kappa shape index (κ2) is 5.23. The molecule has 0 aliphatic carbocycles. The summed E-state index contributed by atoms with van der Waals surface area (Å²) in [5, 5.41) is 9.47. The molecule has 0 fully saturated rings. The lowest BCUT2D eigenvalue weighted by Gasteiger charge is -2.00. The van der Waals surface area contributed by atoms with Gasteiger partial charge in [-0.3, -0.25) is 9.78 Å². The van der Waals surface area contributed by atoms with Crippen molar-refractivity contribution in [2.45, 2.75) is 0 Å². The molecule has 1 N–H and O–H groups in total. The number of halogens is 1. The second-order valence-electron chi connectivity index (χ2n) is 3.61. The Morgan fingerprint density at radius 1 is 1.28 bits per heavy atom. The number of aromatic nitrogens is 1. The first kappa shape index (κ1) is 12.0. The van der Waals surface area contributed by atoms with Gasteiger partial charge in [0.2, 0.25) is 0 Å². The van der Waals surface area contributed by atoms with Crippen LogP contribution in [-0.2, 0) is 0 Å². The largest absolute Gasteiger partial charge is 0.507 e. The molecule has 2 aromatic rings. The fraction of sp³-hybridized carbons (Fsp3) is 0. The zero-order valence-corrected chi connectivity index (χ0v) is 9.38. The van der Waals surface area contributed by atoms with Crippen molar-refractivity contribution in [3.05, 3.63) is 65.7 Å². The van der Waals surface area contributed by atoms with Crippen molar-refractivity contribution in [2.75, 3.05) is 0 Å². The van der Waals surface area contributed by atoms with E-state index in [1.165, 1.54) is 12.2 Å². The van der Waals surface area contributed by atoms with E-state index >= 15 is 0 Å². The number of benzene rings is 1. The van der Waals surface area contributed by atoms with E-state index in [0.29, 0.717) is 5.69 Å². The highest BCUT2D eigenvalue weighted by atomic mass is 19.1. The van der Waals surface area contributed by atoms with Gasteiger partial charge in [-0.15, -0.1) is 0 Å². The summed E-state index contributed by atoms with van der Waals surface area (Å²) in [7, 11) is 0. The number of phenols is 1. The van der Waals surface area contributed by atoms with E-state index in [-0.39, 0.29) is 11.3 Å². The number of allylic oxidation sites excluding steroid dienone is 1. The third kappa shape index (κ3) is 2.79. The summed E-state index contributed by atoms with van der Waals surface area (Å²) >= 11 is 0. The molecule has 0 unspecified atom stereocenters. The van der Waals surface area contributed by atoms with Gasteiger partial charge in [0.05, 0.1) is 11.3 Å². The number of rotatable bonds is 3. The summed E-state index contributed by atoms with van der Waals surface area (Å²) in [4.78, 5) is 15.8. The molecule has 18 heavy (non-hydrogen) atoms. The number of aromatic hydroxyl groups is 1. The van der Waals surface area contributed by atoms with Gasteiger partial charge in [-0.05, 0) is 42.5 Å². The predicted molar refractivity (Wildman–Crippen MR) is 65.7 cm³/mol. The minimum Gasteiger partial charge on any atom is -0.507 e. The molecule has 1 aromatic heterocycles. The van der Waals surface area contributed by atoms with Crippen LogP contribution in [0.3, 0.4) is 0 Å². The first-order valence-electron chi connectivity index (χ1n) is 5.29. The molecule has 2 rings (SSSR count). The van der Waals surface area contributed by atoms with Crippen LogP contribution in [0.1, 0.15) is 16.1 Å². The van der Waals surface area contributed by atoms with Gasteiger partial charge in [0, 0.05) is 6.20 Å². The molecule has 3 nitrogen and oxygen atoms in total. The minimum atomic E-state index is -0.567. The Bertz CT molecular complexity index is 594. The van der Waals surface area contributed by atoms with Crippen molar-refractivity contribution in [2.24, 2.45) is 0 Å².